The lowest BCUT2D eigenvalue weighted by molar-refractivity contribution is -0.146. The van der Waals surface area contributed by atoms with Crippen LogP contribution >= 0.6 is 0 Å². The quantitative estimate of drug-likeness (QED) is 0.755. The molecule has 0 aromatic heterocycles. The van der Waals surface area contributed by atoms with Gasteiger partial charge in [0.2, 0.25) is 0 Å². The SMILES string of the molecule is CCOc1ccc(C(C)(C)C(=O)OC)cc1OC. The monoisotopic (exact) mass is 252 g/mol. The number of carbonyl (C=O) groups excluding carboxylic acids is 1. The second kappa shape index (κ2) is 5.76. The summed E-state index contributed by atoms with van der Waals surface area (Å²) in [5.41, 5.74) is 0.113. The Morgan fingerprint density at radius 3 is 2.39 bits per heavy atom. The summed E-state index contributed by atoms with van der Waals surface area (Å²) in [4.78, 5) is 11.7. The van der Waals surface area contributed by atoms with Gasteiger partial charge in [-0.15, -0.1) is 0 Å². The van der Waals surface area contributed by atoms with E-state index in [-0.39, 0.29) is 5.97 Å². The minimum atomic E-state index is -0.716. The summed E-state index contributed by atoms with van der Waals surface area (Å²) in [5, 5.41) is 0. The minimum absolute atomic E-state index is 0.284. The van der Waals surface area contributed by atoms with Crippen molar-refractivity contribution in [2.24, 2.45) is 0 Å². The lowest BCUT2D eigenvalue weighted by Gasteiger charge is -2.23. The molecule has 0 fully saturated rings. The first-order chi connectivity index (χ1) is 8.47. The van der Waals surface area contributed by atoms with Crippen LogP contribution < -0.4 is 9.47 Å². The molecule has 0 saturated carbocycles. The molecule has 1 aromatic rings. The largest absolute Gasteiger partial charge is 0.493 e. The Hall–Kier alpha value is -1.71. The smallest absolute Gasteiger partial charge is 0.315 e. The van der Waals surface area contributed by atoms with Gasteiger partial charge in [-0.3, -0.25) is 4.79 Å². The maximum absolute atomic E-state index is 11.7. The highest BCUT2D eigenvalue weighted by atomic mass is 16.5. The van der Waals surface area contributed by atoms with Gasteiger partial charge >= 0.3 is 5.97 Å². The summed E-state index contributed by atoms with van der Waals surface area (Å²) in [7, 11) is 2.96. The van der Waals surface area contributed by atoms with Crippen molar-refractivity contribution in [3.8, 4) is 11.5 Å². The van der Waals surface area contributed by atoms with Gasteiger partial charge in [0.05, 0.1) is 26.2 Å². The Morgan fingerprint density at radius 2 is 1.89 bits per heavy atom. The average Bonchev–Trinajstić information content (AvgIpc) is 2.38. The zero-order valence-electron chi connectivity index (χ0n) is 11.6. The van der Waals surface area contributed by atoms with Crippen LogP contribution in [0.3, 0.4) is 0 Å². The van der Waals surface area contributed by atoms with E-state index in [1.54, 1.807) is 7.11 Å². The minimum Gasteiger partial charge on any atom is -0.493 e. The van der Waals surface area contributed by atoms with Crippen molar-refractivity contribution in [3.63, 3.8) is 0 Å². The normalized spacial score (nSPS) is 10.9. The first kappa shape index (κ1) is 14.4. The number of hydrogen-bond donors (Lipinski definition) is 0. The highest BCUT2D eigenvalue weighted by Gasteiger charge is 2.31. The summed E-state index contributed by atoms with van der Waals surface area (Å²) in [6.07, 6.45) is 0. The summed E-state index contributed by atoms with van der Waals surface area (Å²) >= 11 is 0. The fourth-order valence-electron chi connectivity index (χ4n) is 1.70. The Labute approximate surface area is 108 Å². The molecule has 0 aliphatic heterocycles. The predicted octanol–water partition coefficient (Wildman–Crippen LogP) is 2.54. The average molecular weight is 252 g/mol. The molecule has 0 radical (unpaired) electrons. The molecule has 0 N–H and O–H groups in total. The standard InChI is InChI=1S/C14H20O4/c1-6-18-11-8-7-10(9-12(11)16-4)14(2,3)13(15)17-5/h7-9H,6H2,1-5H3. The molecule has 4 heteroatoms. The zero-order valence-corrected chi connectivity index (χ0v) is 11.6. The number of carbonyl (C=O) groups is 1. The predicted molar refractivity (Wildman–Crippen MR) is 69.2 cm³/mol. The van der Waals surface area contributed by atoms with E-state index < -0.39 is 5.41 Å². The highest BCUT2D eigenvalue weighted by molar-refractivity contribution is 5.82. The third kappa shape index (κ3) is 2.75. The van der Waals surface area contributed by atoms with Crippen LogP contribution in [0.1, 0.15) is 26.3 Å². The fraction of sp³-hybridized carbons (Fsp3) is 0.500. The second-order valence-electron chi connectivity index (χ2n) is 4.42. The van der Waals surface area contributed by atoms with Crippen LogP contribution in [0.15, 0.2) is 18.2 Å². The molecule has 0 aliphatic rings. The number of hydrogen-bond acceptors (Lipinski definition) is 4. The molecule has 1 aromatic carbocycles. The van der Waals surface area contributed by atoms with Crippen LogP contribution in [0, 0.1) is 0 Å². The van der Waals surface area contributed by atoms with Crippen molar-refractivity contribution < 1.29 is 19.0 Å². The molecule has 0 aliphatic carbocycles. The molecule has 0 unspecified atom stereocenters. The van der Waals surface area contributed by atoms with E-state index >= 15 is 0 Å². The van der Waals surface area contributed by atoms with E-state index in [1.165, 1.54) is 7.11 Å². The third-order valence-corrected chi connectivity index (χ3v) is 2.88. The van der Waals surface area contributed by atoms with E-state index in [0.29, 0.717) is 18.1 Å². The number of benzene rings is 1. The lowest BCUT2D eigenvalue weighted by atomic mass is 9.84. The van der Waals surface area contributed by atoms with Crippen LogP contribution in [0.5, 0.6) is 11.5 Å². The number of esters is 1. The first-order valence-electron chi connectivity index (χ1n) is 5.87. The summed E-state index contributed by atoms with van der Waals surface area (Å²) in [6.45, 7) is 6.10. The Kier molecular flexibility index (Phi) is 4.59. The molecule has 1 rings (SSSR count). The van der Waals surface area contributed by atoms with Gasteiger partial charge in [0.25, 0.3) is 0 Å². The highest BCUT2D eigenvalue weighted by Crippen LogP contribution is 2.33. The molecule has 0 bridgehead atoms. The van der Waals surface area contributed by atoms with Crippen LogP contribution in [-0.2, 0) is 14.9 Å². The molecule has 0 heterocycles. The fourth-order valence-corrected chi connectivity index (χ4v) is 1.70. The van der Waals surface area contributed by atoms with Gasteiger partial charge in [-0.05, 0) is 38.5 Å². The Bertz CT molecular complexity index is 424. The Morgan fingerprint density at radius 1 is 1.22 bits per heavy atom. The van der Waals surface area contributed by atoms with Gasteiger partial charge in [0, 0.05) is 0 Å². The van der Waals surface area contributed by atoms with E-state index in [2.05, 4.69) is 0 Å². The molecule has 0 saturated heterocycles. The summed E-state index contributed by atoms with van der Waals surface area (Å²) in [6, 6.07) is 5.47. The van der Waals surface area contributed by atoms with Crippen molar-refractivity contribution in [1.82, 2.24) is 0 Å². The number of ether oxygens (including phenoxy) is 3. The van der Waals surface area contributed by atoms with Gasteiger partial charge in [0.1, 0.15) is 0 Å². The maximum Gasteiger partial charge on any atom is 0.315 e. The van der Waals surface area contributed by atoms with E-state index in [0.717, 1.165) is 5.56 Å². The van der Waals surface area contributed by atoms with E-state index in [9.17, 15) is 4.79 Å². The topological polar surface area (TPSA) is 44.8 Å². The third-order valence-electron chi connectivity index (χ3n) is 2.88. The molecule has 0 spiro atoms. The van der Waals surface area contributed by atoms with Gasteiger partial charge in [-0.1, -0.05) is 6.07 Å². The lowest BCUT2D eigenvalue weighted by Crippen LogP contribution is -2.30. The van der Waals surface area contributed by atoms with Crippen molar-refractivity contribution in [1.29, 1.82) is 0 Å². The van der Waals surface area contributed by atoms with Crippen LogP contribution in [0.4, 0.5) is 0 Å². The molecule has 18 heavy (non-hydrogen) atoms. The van der Waals surface area contributed by atoms with Gasteiger partial charge in [0.15, 0.2) is 11.5 Å². The van der Waals surface area contributed by atoms with E-state index in [1.807, 2.05) is 39.0 Å². The first-order valence-corrected chi connectivity index (χ1v) is 5.87. The molecule has 100 valence electrons. The summed E-state index contributed by atoms with van der Waals surface area (Å²) in [5.74, 6) is 1.00. The van der Waals surface area contributed by atoms with Crippen LogP contribution in [0.25, 0.3) is 0 Å². The second-order valence-corrected chi connectivity index (χ2v) is 4.42. The molecule has 0 amide bonds. The molecular weight excluding hydrogens is 232 g/mol. The van der Waals surface area contributed by atoms with Crippen molar-refractivity contribution in [2.45, 2.75) is 26.2 Å². The zero-order chi connectivity index (χ0) is 13.8. The maximum atomic E-state index is 11.7. The van der Waals surface area contributed by atoms with Crippen molar-refractivity contribution >= 4 is 5.97 Å². The van der Waals surface area contributed by atoms with Crippen molar-refractivity contribution in [3.05, 3.63) is 23.8 Å². The van der Waals surface area contributed by atoms with Gasteiger partial charge in [-0.25, -0.2) is 0 Å². The molecular formula is C14H20O4. The molecule has 0 atom stereocenters. The van der Waals surface area contributed by atoms with Crippen LogP contribution in [0.2, 0.25) is 0 Å². The number of methoxy groups -OCH3 is 2. The van der Waals surface area contributed by atoms with Gasteiger partial charge in [-0.2, -0.15) is 0 Å². The Balaban J connectivity index is 3.16. The van der Waals surface area contributed by atoms with Gasteiger partial charge < -0.3 is 14.2 Å². The van der Waals surface area contributed by atoms with Crippen molar-refractivity contribution in [2.75, 3.05) is 20.8 Å². The number of rotatable bonds is 5. The van der Waals surface area contributed by atoms with E-state index in [4.69, 9.17) is 14.2 Å². The molecule has 4 nitrogen and oxygen atoms in total. The van der Waals surface area contributed by atoms with Crippen LogP contribution in [-0.4, -0.2) is 26.8 Å². The summed E-state index contributed by atoms with van der Waals surface area (Å²) < 4.78 is 15.5.